The Morgan fingerprint density at radius 2 is 1.83 bits per heavy atom. The van der Waals surface area contributed by atoms with Gasteiger partial charge in [0.25, 0.3) is 5.56 Å². The molecule has 0 radical (unpaired) electrons. The molecule has 1 saturated heterocycles. The molecule has 0 saturated carbocycles. The van der Waals surface area contributed by atoms with Crippen molar-refractivity contribution in [2.75, 3.05) is 31.2 Å². The van der Waals surface area contributed by atoms with Crippen molar-refractivity contribution in [3.63, 3.8) is 0 Å². The Morgan fingerprint density at radius 1 is 1.04 bits per heavy atom. The van der Waals surface area contributed by atoms with E-state index in [4.69, 9.17) is 4.74 Å². The van der Waals surface area contributed by atoms with Crippen LogP contribution in [0.1, 0.15) is 5.56 Å². The first-order valence-corrected chi connectivity index (χ1v) is 8.17. The number of nitrogens with zero attached hydrogens (tertiary/aromatic N) is 3. The van der Waals surface area contributed by atoms with Crippen LogP contribution in [0.4, 0.5) is 5.69 Å². The fraction of sp³-hybridized carbons (Fsp3) is 0.263. The number of benzene rings is 2. The number of hydrogen-bond acceptors (Lipinski definition) is 4. The third-order valence-electron chi connectivity index (χ3n) is 4.38. The van der Waals surface area contributed by atoms with E-state index in [0.29, 0.717) is 11.9 Å². The summed E-state index contributed by atoms with van der Waals surface area (Å²) >= 11 is 0. The minimum atomic E-state index is -0.000961. The molecular weight excluding hydrogens is 302 g/mol. The van der Waals surface area contributed by atoms with Gasteiger partial charge in [-0.1, -0.05) is 30.3 Å². The van der Waals surface area contributed by atoms with E-state index < -0.39 is 0 Å². The van der Waals surface area contributed by atoms with Gasteiger partial charge in [0.1, 0.15) is 0 Å². The van der Waals surface area contributed by atoms with Gasteiger partial charge in [-0.2, -0.15) is 0 Å². The minimum Gasteiger partial charge on any atom is -0.378 e. The summed E-state index contributed by atoms with van der Waals surface area (Å²) in [7, 11) is 0. The monoisotopic (exact) mass is 321 g/mol. The molecule has 0 amide bonds. The highest BCUT2D eigenvalue weighted by Gasteiger charge is 2.13. The van der Waals surface area contributed by atoms with Gasteiger partial charge in [0, 0.05) is 18.8 Å². The van der Waals surface area contributed by atoms with Gasteiger partial charge in [-0.15, -0.1) is 0 Å². The van der Waals surface area contributed by atoms with Crippen molar-refractivity contribution in [1.82, 2.24) is 9.55 Å². The molecule has 2 aromatic carbocycles. The maximum Gasteiger partial charge on any atom is 0.261 e. The molecule has 2 heterocycles. The van der Waals surface area contributed by atoms with Crippen molar-refractivity contribution in [2.45, 2.75) is 6.54 Å². The lowest BCUT2D eigenvalue weighted by molar-refractivity contribution is 0.122. The summed E-state index contributed by atoms with van der Waals surface area (Å²) in [6, 6.07) is 15.9. The van der Waals surface area contributed by atoms with Crippen LogP contribution in [0.15, 0.2) is 59.7 Å². The second-order valence-electron chi connectivity index (χ2n) is 5.96. The Hall–Kier alpha value is -2.66. The number of ether oxygens (including phenoxy) is 1. The third kappa shape index (κ3) is 2.90. The molecule has 0 N–H and O–H groups in total. The molecular formula is C19H19N3O2. The lowest BCUT2D eigenvalue weighted by atomic mass is 10.2. The topological polar surface area (TPSA) is 47.4 Å². The average molecular weight is 321 g/mol. The highest BCUT2D eigenvalue weighted by molar-refractivity contribution is 5.81. The molecule has 5 nitrogen and oxygen atoms in total. The van der Waals surface area contributed by atoms with Crippen LogP contribution < -0.4 is 10.5 Å². The third-order valence-corrected chi connectivity index (χ3v) is 4.38. The molecule has 4 rings (SSSR count). The molecule has 1 fully saturated rings. The van der Waals surface area contributed by atoms with Crippen LogP contribution >= 0.6 is 0 Å². The van der Waals surface area contributed by atoms with Crippen LogP contribution in [0.25, 0.3) is 10.9 Å². The number of fused-ring (bicyclic) bond motifs is 1. The van der Waals surface area contributed by atoms with E-state index >= 15 is 0 Å². The summed E-state index contributed by atoms with van der Waals surface area (Å²) in [4.78, 5) is 19.5. The van der Waals surface area contributed by atoms with Gasteiger partial charge in [-0.05, 0) is 23.8 Å². The van der Waals surface area contributed by atoms with Gasteiger partial charge in [0.15, 0.2) is 0 Å². The molecule has 0 unspecified atom stereocenters. The van der Waals surface area contributed by atoms with E-state index in [0.717, 1.165) is 43.1 Å². The predicted molar refractivity (Wildman–Crippen MR) is 94.6 cm³/mol. The smallest absolute Gasteiger partial charge is 0.261 e. The van der Waals surface area contributed by atoms with Gasteiger partial charge in [-0.3, -0.25) is 9.36 Å². The molecule has 122 valence electrons. The van der Waals surface area contributed by atoms with Crippen molar-refractivity contribution in [1.29, 1.82) is 0 Å². The lowest BCUT2D eigenvalue weighted by Gasteiger charge is -2.28. The number of rotatable bonds is 3. The molecule has 3 aromatic rings. The van der Waals surface area contributed by atoms with Crippen molar-refractivity contribution in [3.05, 3.63) is 70.8 Å². The van der Waals surface area contributed by atoms with E-state index in [2.05, 4.69) is 9.88 Å². The molecule has 24 heavy (non-hydrogen) atoms. The highest BCUT2D eigenvalue weighted by atomic mass is 16.5. The van der Waals surface area contributed by atoms with Gasteiger partial charge in [-0.25, -0.2) is 4.98 Å². The van der Waals surface area contributed by atoms with Crippen LogP contribution in [0, 0.1) is 0 Å². The summed E-state index contributed by atoms with van der Waals surface area (Å²) in [6.07, 6.45) is 1.63. The molecule has 5 heteroatoms. The number of aromatic nitrogens is 2. The van der Waals surface area contributed by atoms with E-state index in [1.165, 1.54) is 0 Å². The number of anilines is 1. The largest absolute Gasteiger partial charge is 0.378 e. The first kappa shape index (κ1) is 14.9. The van der Waals surface area contributed by atoms with Crippen LogP contribution in [-0.4, -0.2) is 35.9 Å². The van der Waals surface area contributed by atoms with Gasteiger partial charge in [0.05, 0.1) is 37.0 Å². The fourth-order valence-corrected chi connectivity index (χ4v) is 3.06. The summed E-state index contributed by atoms with van der Waals surface area (Å²) in [5, 5.41) is 0.664. The Bertz CT molecular complexity index is 899. The van der Waals surface area contributed by atoms with Crippen molar-refractivity contribution >= 4 is 16.6 Å². The van der Waals surface area contributed by atoms with Crippen LogP contribution in [0.3, 0.4) is 0 Å². The molecule has 1 aromatic heterocycles. The predicted octanol–water partition coefficient (Wildman–Crippen LogP) is 2.28. The molecule has 1 aliphatic heterocycles. The SMILES string of the molecule is O=c1c2cc(N3CCOCC3)ccc2ncn1Cc1ccccc1. The van der Waals surface area contributed by atoms with E-state index in [-0.39, 0.29) is 5.56 Å². The lowest BCUT2D eigenvalue weighted by Crippen LogP contribution is -2.36. The van der Waals surface area contributed by atoms with E-state index in [1.807, 2.05) is 48.5 Å². The number of hydrogen-bond donors (Lipinski definition) is 0. The van der Waals surface area contributed by atoms with Gasteiger partial charge in [0.2, 0.25) is 0 Å². The zero-order valence-corrected chi connectivity index (χ0v) is 13.4. The fourth-order valence-electron chi connectivity index (χ4n) is 3.06. The molecule has 0 atom stereocenters. The van der Waals surface area contributed by atoms with Gasteiger partial charge < -0.3 is 9.64 Å². The zero-order chi connectivity index (χ0) is 16.4. The highest BCUT2D eigenvalue weighted by Crippen LogP contribution is 2.20. The van der Waals surface area contributed by atoms with Crippen molar-refractivity contribution in [2.24, 2.45) is 0 Å². The standard InChI is InChI=1S/C19H19N3O2/c23-19-17-12-16(21-8-10-24-11-9-21)6-7-18(17)20-14-22(19)13-15-4-2-1-3-5-15/h1-7,12,14H,8-11,13H2. The van der Waals surface area contributed by atoms with Crippen LogP contribution in [0.2, 0.25) is 0 Å². The first-order valence-electron chi connectivity index (χ1n) is 8.17. The summed E-state index contributed by atoms with van der Waals surface area (Å²) in [5.74, 6) is 0. The molecule has 1 aliphatic rings. The van der Waals surface area contributed by atoms with Crippen LogP contribution in [0.5, 0.6) is 0 Å². The second-order valence-corrected chi connectivity index (χ2v) is 5.96. The maximum absolute atomic E-state index is 12.8. The Labute approximate surface area is 140 Å². The quantitative estimate of drug-likeness (QED) is 0.742. The summed E-state index contributed by atoms with van der Waals surface area (Å²) in [5.41, 5.74) is 2.88. The molecule has 0 spiro atoms. The van der Waals surface area contributed by atoms with Crippen molar-refractivity contribution in [3.8, 4) is 0 Å². The Balaban J connectivity index is 1.72. The maximum atomic E-state index is 12.8. The second kappa shape index (κ2) is 6.45. The Kier molecular flexibility index (Phi) is 4.01. The van der Waals surface area contributed by atoms with E-state index in [1.54, 1.807) is 10.9 Å². The normalized spacial score (nSPS) is 14.9. The first-order chi connectivity index (χ1) is 11.8. The average Bonchev–Trinajstić information content (AvgIpc) is 2.65. The summed E-state index contributed by atoms with van der Waals surface area (Å²) < 4.78 is 7.07. The van der Waals surface area contributed by atoms with Crippen molar-refractivity contribution < 1.29 is 4.74 Å². The minimum absolute atomic E-state index is 0.000961. The van der Waals surface area contributed by atoms with E-state index in [9.17, 15) is 4.79 Å². The number of morpholine rings is 1. The Morgan fingerprint density at radius 3 is 2.62 bits per heavy atom. The van der Waals surface area contributed by atoms with Gasteiger partial charge >= 0.3 is 0 Å². The molecule has 0 bridgehead atoms. The van der Waals surface area contributed by atoms with Crippen LogP contribution in [-0.2, 0) is 11.3 Å². The summed E-state index contributed by atoms with van der Waals surface area (Å²) in [6.45, 7) is 3.69. The zero-order valence-electron chi connectivity index (χ0n) is 13.4. The molecule has 0 aliphatic carbocycles.